The summed E-state index contributed by atoms with van der Waals surface area (Å²) < 4.78 is 0. The number of carboxylic acid groups (broad SMARTS) is 1. The Hall–Kier alpha value is -1.38. The van der Waals surface area contributed by atoms with Crippen LogP contribution in [0, 0.1) is 5.41 Å². The van der Waals surface area contributed by atoms with Gasteiger partial charge in [0.25, 0.3) is 0 Å². The molecule has 0 unspecified atom stereocenters. The fraction of sp³-hybridized carbons (Fsp3) is 0.500. The maximum Gasteiger partial charge on any atom is 0.303 e. The van der Waals surface area contributed by atoms with Gasteiger partial charge in [-0.25, -0.2) is 0 Å². The van der Waals surface area contributed by atoms with E-state index in [0.29, 0.717) is 0 Å². The second-order valence-corrected chi connectivity index (χ2v) is 4.80. The molecule has 0 radical (unpaired) electrons. The summed E-state index contributed by atoms with van der Waals surface area (Å²) in [5, 5.41) is 8.89. The molecular formula is C12H17NO2. The van der Waals surface area contributed by atoms with Crippen LogP contribution in [-0.4, -0.2) is 16.1 Å². The Morgan fingerprint density at radius 1 is 1.53 bits per heavy atom. The van der Waals surface area contributed by atoms with E-state index in [1.54, 1.807) is 12.4 Å². The third-order valence-corrected chi connectivity index (χ3v) is 2.51. The molecule has 1 aromatic rings. The average molecular weight is 207 g/mol. The number of hydrogen-bond donors (Lipinski definition) is 1. The lowest BCUT2D eigenvalue weighted by Gasteiger charge is -2.29. The van der Waals surface area contributed by atoms with Crippen molar-refractivity contribution in [3.8, 4) is 0 Å². The molecule has 1 atom stereocenters. The molecule has 0 saturated heterocycles. The zero-order chi connectivity index (χ0) is 11.5. The predicted octanol–water partition coefficient (Wildman–Crippen LogP) is 2.69. The quantitative estimate of drug-likeness (QED) is 0.829. The van der Waals surface area contributed by atoms with Crippen molar-refractivity contribution in [3.05, 3.63) is 30.1 Å². The van der Waals surface area contributed by atoms with Gasteiger partial charge in [-0.3, -0.25) is 9.78 Å². The maximum absolute atomic E-state index is 10.8. The van der Waals surface area contributed by atoms with Gasteiger partial charge in [0, 0.05) is 18.3 Å². The van der Waals surface area contributed by atoms with E-state index in [4.69, 9.17) is 5.11 Å². The molecular weight excluding hydrogens is 190 g/mol. The number of aromatic nitrogens is 1. The van der Waals surface area contributed by atoms with Gasteiger partial charge >= 0.3 is 5.97 Å². The number of rotatable bonds is 3. The second-order valence-electron chi connectivity index (χ2n) is 4.80. The first-order valence-electron chi connectivity index (χ1n) is 5.03. The number of carboxylic acids is 1. The van der Waals surface area contributed by atoms with Gasteiger partial charge in [0.05, 0.1) is 6.42 Å². The molecule has 15 heavy (non-hydrogen) atoms. The Balaban J connectivity index is 2.97. The number of nitrogens with zero attached hydrogens (tertiary/aromatic N) is 1. The van der Waals surface area contributed by atoms with Crippen LogP contribution in [0.25, 0.3) is 0 Å². The van der Waals surface area contributed by atoms with Crippen molar-refractivity contribution in [2.75, 3.05) is 0 Å². The van der Waals surface area contributed by atoms with E-state index in [0.717, 1.165) is 5.56 Å². The van der Waals surface area contributed by atoms with Crippen LogP contribution in [-0.2, 0) is 4.79 Å². The van der Waals surface area contributed by atoms with Gasteiger partial charge in [-0.15, -0.1) is 0 Å². The Morgan fingerprint density at radius 3 is 2.60 bits per heavy atom. The molecule has 0 aliphatic heterocycles. The van der Waals surface area contributed by atoms with Crippen LogP contribution in [0.1, 0.15) is 38.7 Å². The smallest absolute Gasteiger partial charge is 0.303 e. The summed E-state index contributed by atoms with van der Waals surface area (Å²) in [6, 6.07) is 3.78. The molecule has 0 amide bonds. The number of hydrogen-bond acceptors (Lipinski definition) is 2. The summed E-state index contributed by atoms with van der Waals surface area (Å²) in [6.45, 7) is 6.15. The van der Waals surface area contributed by atoms with Gasteiger partial charge < -0.3 is 5.11 Å². The minimum absolute atomic E-state index is 0.00343. The van der Waals surface area contributed by atoms with Gasteiger partial charge in [0.15, 0.2) is 0 Å². The molecule has 0 bridgehead atoms. The van der Waals surface area contributed by atoms with E-state index in [-0.39, 0.29) is 17.8 Å². The van der Waals surface area contributed by atoms with Gasteiger partial charge in [0.2, 0.25) is 0 Å². The van der Waals surface area contributed by atoms with E-state index < -0.39 is 5.97 Å². The lowest BCUT2D eigenvalue weighted by Crippen LogP contribution is -2.21. The largest absolute Gasteiger partial charge is 0.481 e. The molecule has 1 rings (SSSR count). The van der Waals surface area contributed by atoms with E-state index in [2.05, 4.69) is 4.98 Å². The first-order valence-corrected chi connectivity index (χ1v) is 5.03. The fourth-order valence-electron chi connectivity index (χ4n) is 1.68. The summed E-state index contributed by atoms with van der Waals surface area (Å²) in [5.41, 5.74) is 0.925. The third kappa shape index (κ3) is 3.35. The van der Waals surface area contributed by atoms with Crippen LogP contribution in [0.4, 0.5) is 0 Å². The number of pyridine rings is 1. The Kier molecular flexibility index (Phi) is 3.45. The van der Waals surface area contributed by atoms with Crippen molar-refractivity contribution in [1.82, 2.24) is 4.98 Å². The molecule has 1 heterocycles. The van der Waals surface area contributed by atoms with Crippen LogP contribution in [0.5, 0.6) is 0 Å². The van der Waals surface area contributed by atoms with E-state index in [1.807, 2.05) is 32.9 Å². The van der Waals surface area contributed by atoms with Crippen LogP contribution in [0.3, 0.4) is 0 Å². The van der Waals surface area contributed by atoms with Crippen LogP contribution in [0.2, 0.25) is 0 Å². The highest BCUT2D eigenvalue weighted by atomic mass is 16.4. The van der Waals surface area contributed by atoms with Crippen molar-refractivity contribution in [2.24, 2.45) is 5.41 Å². The van der Waals surface area contributed by atoms with Gasteiger partial charge in [-0.05, 0) is 17.0 Å². The minimum Gasteiger partial charge on any atom is -0.481 e. The minimum atomic E-state index is -0.765. The first-order chi connectivity index (χ1) is 6.91. The van der Waals surface area contributed by atoms with E-state index in [9.17, 15) is 4.79 Å². The van der Waals surface area contributed by atoms with Crippen molar-refractivity contribution in [2.45, 2.75) is 33.1 Å². The number of carbonyl (C=O) groups is 1. The Morgan fingerprint density at radius 2 is 2.20 bits per heavy atom. The summed E-state index contributed by atoms with van der Waals surface area (Å²) >= 11 is 0. The topological polar surface area (TPSA) is 50.2 Å². The predicted molar refractivity (Wildman–Crippen MR) is 58.7 cm³/mol. The maximum atomic E-state index is 10.8. The molecule has 0 aromatic carbocycles. The van der Waals surface area contributed by atoms with Gasteiger partial charge in [-0.2, -0.15) is 0 Å². The molecule has 1 N–H and O–H groups in total. The normalized spacial score (nSPS) is 13.5. The fourth-order valence-corrected chi connectivity index (χ4v) is 1.68. The summed E-state index contributed by atoms with van der Waals surface area (Å²) in [7, 11) is 0. The monoisotopic (exact) mass is 207 g/mol. The molecule has 1 aromatic heterocycles. The lowest BCUT2D eigenvalue weighted by molar-refractivity contribution is -0.138. The third-order valence-electron chi connectivity index (χ3n) is 2.51. The van der Waals surface area contributed by atoms with Gasteiger partial charge in [0.1, 0.15) is 0 Å². The van der Waals surface area contributed by atoms with Gasteiger partial charge in [-0.1, -0.05) is 26.8 Å². The molecule has 82 valence electrons. The van der Waals surface area contributed by atoms with E-state index >= 15 is 0 Å². The average Bonchev–Trinajstić information content (AvgIpc) is 2.14. The van der Waals surface area contributed by atoms with Crippen molar-refractivity contribution < 1.29 is 9.90 Å². The summed E-state index contributed by atoms with van der Waals surface area (Å²) in [4.78, 5) is 14.8. The van der Waals surface area contributed by atoms with E-state index in [1.165, 1.54) is 0 Å². The molecule has 3 nitrogen and oxygen atoms in total. The highest BCUT2D eigenvalue weighted by Crippen LogP contribution is 2.37. The zero-order valence-electron chi connectivity index (χ0n) is 9.40. The Bertz CT molecular complexity index is 327. The van der Waals surface area contributed by atoms with Crippen molar-refractivity contribution >= 4 is 5.97 Å². The first kappa shape index (κ1) is 11.7. The highest BCUT2D eigenvalue weighted by molar-refractivity contribution is 5.68. The standard InChI is InChI=1S/C12H17NO2/c1-12(2,3)10(7-11(14)15)9-5-4-6-13-8-9/h4-6,8,10H,7H2,1-3H3,(H,14,15)/t10-/m1/s1. The summed E-state index contributed by atoms with van der Waals surface area (Å²) in [6.07, 6.45) is 3.60. The second kappa shape index (κ2) is 4.43. The van der Waals surface area contributed by atoms with Crippen LogP contribution in [0.15, 0.2) is 24.5 Å². The van der Waals surface area contributed by atoms with Crippen LogP contribution < -0.4 is 0 Å². The lowest BCUT2D eigenvalue weighted by atomic mass is 9.75. The molecule has 0 aliphatic carbocycles. The molecule has 0 saturated carbocycles. The van der Waals surface area contributed by atoms with Crippen molar-refractivity contribution in [3.63, 3.8) is 0 Å². The zero-order valence-corrected chi connectivity index (χ0v) is 9.40. The molecule has 3 heteroatoms. The molecule has 0 fully saturated rings. The molecule has 0 aliphatic rings. The summed E-state index contributed by atoms with van der Waals surface area (Å²) in [5.74, 6) is -0.762. The van der Waals surface area contributed by atoms with Crippen LogP contribution >= 0.6 is 0 Å². The molecule has 0 spiro atoms. The SMILES string of the molecule is CC(C)(C)[C@H](CC(=O)O)c1cccnc1. The Labute approximate surface area is 90.2 Å². The van der Waals surface area contributed by atoms with Crippen molar-refractivity contribution in [1.29, 1.82) is 0 Å². The highest BCUT2D eigenvalue weighted by Gasteiger charge is 2.28. The number of aliphatic carboxylic acids is 1.